The number of hydrogen-bond donors (Lipinski definition) is 2. The minimum Gasteiger partial charge on any atom is -0.394 e. The largest absolute Gasteiger partial charge is 0.394 e. The highest BCUT2D eigenvalue weighted by molar-refractivity contribution is 6.28. The van der Waals surface area contributed by atoms with Gasteiger partial charge < -0.3 is 10.4 Å². The van der Waals surface area contributed by atoms with Gasteiger partial charge in [0.15, 0.2) is 0 Å². The number of nitrogens with zero attached hydrogens (tertiary/aromatic N) is 2. The van der Waals surface area contributed by atoms with Gasteiger partial charge in [0.25, 0.3) is 0 Å². The number of aryl methyl sites for hydroxylation is 1. The van der Waals surface area contributed by atoms with Crippen molar-refractivity contribution in [1.29, 1.82) is 0 Å². The van der Waals surface area contributed by atoms with Crippen molar-refractivity contribution < 1.29 is 13.9 Å². The summed E-state index contributed by atoms with van der Waals surface area (Å²) in [5.74, 6) is -1.02. The second-order valence-electron chi connectivity index (χ2n) is 4.25. The molecule has 1 aromatic carbocycles. The molecule has 1 aromatic heterocycles. The van der Waals surface area contributed by atoms with Crippen LogP contribution in [0.1, 0.15) is 17.2 Å². The number of rotatable bonds is 4. The average Bonchev–Trinajstić information content (AvgIpc) is 2.38. The molecular formula is C13H12ClF2N3O. The summed E-state index contributed by atoms with van der Waals surface area (Å²) >= 11 is 5.70. The van der Waals surface area contributed by atoms with Crippen molar-refractivity contribution in [3.8, 4) is 0 Å². The molecule has 0 bridgehead atoms. The number of benzene rings is 1. The Kier molecular flexibility index (Phi) is 4.46. The predicted molar refractivity (Wildman–Crippen MR) is 71.6 cm³/mol. The Morgan fingerprint density at radius 1 is 1.30 bits per heavy atom. The lowest BCUT2D eigenvalue weighted by Crippen LogP contribution is -2.17. The van der Waals surface area contributed by atoms with E-state index in [9.17, 15) is 13.9 Å². The highest BCUT2D eigenvalue weighted by atomic mass is 35.5. The fourth-order valence-electron chi connectivity index (χ4n) is 1.74. The molecule has 0 spiro atoms. The summed E-state index contributed by atoms with van der Waals surface area (Å²) < 4.78 is 26.4. The molecule has 7 heteroatoms. The molecule has 0 saturated carbocycles. The molecule has 4 nitrogen and oxygen atoms in total. The first-order valence-corrected chi connectivity index (χ1v) is 6.20. The molecular weight excluding hydrogens is 288 g/mol. The van der Waals surface area contributed by atoms with Crippen molar-refractivity contribution in [1.82, 2.24) is 9.97 Å². The van der Waals surface area contributed by atoms with E-state index < -0.39 is 17.7 Å². The number of hydrogen-bond acceptors (Lipinski definition) is 4. The summed E-state index contributed by atoms with van der Waals surface area (Å²) in [6.07, 6.45) is 1.51. The molecule has 2 aromatic rings. The summed E-state index contributed by atoms with van der Waals surface area (Å²) in [5.41, 5.74) is 0.976. The lowest BCUT2D eigenvalue weighted by molar-refractivity contribution is 0.275. The minimum atomic E-state index is -0.710. The topological polar surface area (TPSA) is 58.0 Å². The zero-order chi connectivity index (χ0) is 14.7. The number of halogens is 3. The first-order chi connectivity index (χ1) is 9.49. The smallest absolute Gasteiger partial charge is 0.224 e. The van der Waals surface area contributed by atoms with Gasteiger partial charge in [0.05, 0.1) is 12.6 Å². The molecule has 0 aliphatic rings. The van der Waals surface area contributed by atoms with E-state index in [0.717, 1.165) is 18.2 Å². The van der Waals surface area contributed by atoms with Crippen molar-refractivity contribution in [2.24, 2.45) is 0 Å². The zero-order valence-electron chi connectivity index (χ0n) is 10.6. The minimum absolute atomic E-state index is 0.0419. The molecule has 2 rings (SSSR count). The van der Waals surface area contributed by atoms with Crippen molar-refractivity contribution in [2.45, 2.75) is 13.0 Å². The highest BCUT2D eigenvalue weighted by Crippen LogP contribution is 2.22. The number of aromatic nitrogens is 2. The van der Waals surface area contributed by atoms with Gasteiger partial charge in [0, 0.05) is 17.8 Å². The van der Waals surface area contributed by atoms with E-state index >= 15 is 0 Å². The maximum atomic E-state index is 13.2. The number of aliphatic hydroxyl groups excluding tert-OH is 1. The summed E-state index contributed by atoms with van der Waals surface area (Å²) in [6, 6.07) is 2.36. The standard InChI is InChI=1S/C13H12ClF2N3O/c1-7-5-17-13(14)19-12(7)18-11(6-20)8-2-9(15)4-10(16)3-8/h2-5,11,20H,6H2,1H3,(H,17,18,19). The van der Waals surface area contributed by atoms with Crippen LogP contribution < -0.4 is 5.32 Å². The maximum absolute atomic E-state index is 13.2. The van der Waals surface area contributed by atoms with Gasteiger partial charge in [-0.05, 0) is 36.2 Å². The molecule has 0 aliphatic carbocycles. The van der Waals surface area contributed by atoms with Gasteiger partial charge in [-0.25, -0.2) is 18.7 Å². The Morgan fingerprint density at radius 3 is 2.55 bits per heavy atom. The van der Waals surface area contributed by atoms with Crippen molar-refractivity contribution in [3.05, 3.63) is 52.4 Å². The Balaban J connectivity index is 2.30. The molecule has 1 unspecified atom stereocenters. The number of aliphatic hydroxyl groups is 1. The molecule has 0 fully saturated rings. The Labute approximate surface area is 119 Å². The molecule has 0 amide bonds. The molecule has 0 saturated heterocycles. The first-order valence-electron chi connectivity index (χ1n) is 5.82. The van der Waals surface area contributed by atoms with Crippen LogP contribution in [0.5, 0.6) is 0 Å². The van der Waals surface area contributed by atoms with Crippen LogP contribution >= 0.6 is 11.6 Å². The normalized spacial score (nSPS) is 12.2. The van der Waals surface area contributed by atoms with Gasteiger partial charge in [-0.15, -0.1) is 0 Å². The predicted octanol–water partition coefficient (Wildman–Crippen LogP) is 2.86. The van der Waals surface area contributed by atoms with Gasteiger partial charge in [-0.1, -0.05) is 0 Å². The van der Waals surface area contributed by atoms with E-state index in [-0.39, 0.29) is 17.5 Å². The third kappa shape index (κ3) is 3.40. The molecule has 1 atom stereocenters. The van der Waals surface area contributed by atoms with E-state index in [4.69, 9.17) is 11.6 Å². The lowest BCUT2D eigenvalue weighted by atomic mass is 10.1. The van der Waals surface area contributed by atoms with Crippen LogP contribution in [0.25, 0.3) is 0 Å². The molecule has 2 N–H and O–H groups in total. The molecule has 106 valence electrons. The van der Waals surface area contributed by atoms with Gasteiger partial charge in [0.1, 0.15) is 17.5 Å². The molecule has 0 radical (unpaired) electrons. The fourth-order valence-corrected chi connectivity index (χ4v) is 1.88. The van der Waals surface area contributed by atoms with Crippen LogP contribution in [-0.4, -0.2) is 21.7 Å². The van der Waals surface area contributed by atoms with E-state index in [1.165, 1.54) is 6.20 Å². The quantitative estimate of drug-likeness (QED) is 0.852. The molecule has 20 heavy (non-hydrogen) atoms. The van der Waals surface area contributed by atoms with Crippen LogP contribution in [0.2, 0.25) is 5.28 Å². The Bertz CT molecular complexity index is 604. The van der Waals surface area contributed by atoms with Crippen LogP contribution in [0.3, 0.4) is 0 Å². The Hall–Kier alpha value is -1.79. The average molecular weight is 300 g/mol. The Morgan fingerprint density at radius 2 is 1.95 bits per heavy atom. The second kappa shape index (κ2) is 6.11. The first kappa shape index (κ1) is 14.6. The van der Waals surface area contributed by atoms with Gasteiger partial charge in [-0.2, -0.15) is 0 Å². The third-order valence-electron chi connectivity index (χ3n) is 2.72. The van der Waals surface area contributed by atoms with Crippen LogP contribution in [0, 0.1) is 18.6 Å². The van der Waals surface area contributed by atoms with Crippen LogP contribution in [0.4, 0.5) is 14.6 Å². The SMILES string of the molecule is Cc1cnc(Cl)nc1NC(CO)c1cc(F)cc(F)c1. The lowest BCUT2D eigenvalue weighted by Gasteiger charge is -2.18. The van der Waals surface area contributed by atoms with E-state index in [0.29, 0.717) is 11.4 Å². The number of anilines is 1. The van der Waals surface area contributed by atoms with E-state index in [1.54, 1.807) is 6.92 Å². The highest BCUT2D eigenvalue weighted by Gasteiger charge is 2.15. The van der Waals surface area contributed by atoms with E-state index in [2.05, 4.69) is 15.3 Å². The molecule has 0 aliphatic heterocycles. The molecule has 1 heterocycles. The summed E-state index contributed by atoms with van der Waals surface area (Å²) in [6.45, 7) is 1.39. The van der Waals surface area contributed by atoms with Gasteiger partial charge in [0.2, 0.25) is 5.28 Å². The maximum Gasteiger partial charge on any atom is 0.224 e. The van der Waals surface area contributed by atoms with Crippen LogP contribution in [0.15, 0.2) is 24.4 Å². The van der Waals surface area contributed by atoms with Gasteiger partial charge in [-0.3, -0.25) is 0 Å². The summed E-state index contributed by atoms with van der Waals surface area (Å²) in [7, 11) is 0. The monoisotopic (exact) mass is 299 g/mol. The van der Waals surface area contributed by atoms with Gasteiger partial charge >= 0.3 is 0 Å². The van der Waals surface area contributed by atoms with Crippen molar-refractivity contribution >= 4 is 17.4 Å². The van der Waals surface area contributed by atoms with E-state index in [1.807, 2.05) is 0 Å². The summed E-state index contributed by atoms with van der Waals surface area (Å²) in [5, 5.41) is 12.3. The zero-order valence-corrected chi connectivity index (χ0v) is 11.3. The fraction of sp³-hybridized carbons (Fsp3) is 0.231. The third-order valence-corrected chi connectivity index (χ3v) is 2.91. The number of nitrogens with one attached hydrogen (secondary N) is 1. The summed E-state index contributed by atoms with van der Waals surface area (Å²) in [4.78, 5) is 7.78. The second-order valence-corrected chi connectivity index (χ2v) is 4.59. The van der Waals surface area contributed by atoms with Crippen molar-refractivity contribution in [2.75, 3.05) is 11.9 Å². The van der Waals surface area contributed by atoms with Crippen molar-refractivity contribution in [3.63, 3.8) is 0 Å². The van der Waals surface area contributed by atoms with Crippen LogP contribution in [-0.2, 0) is 0 Å².